The molecule has 0 saturated carbocycles. The Kier molecular flexibility index (Phi) is 6.08. The first-order valence-electron chi connectivity index (χ1n) is 9.19. The van der Waals surface area contributed by atoms with Crippen LogP contribution in [0.15, 0.2) is 48.5 Å². The number of nitrogens with one attached hydrogen (secondary N) is 2. The van der Waals surface area contributed by atoms with Crippen molar-refractivity contribution < 1.29 is 14.7 Å². The fourth-order valence-corrected chi connectivity index (χ4v) is 3.20. The third kappa shape index (κ3) is 5.08. The zero-order valence-corrected chi connectivity index (χ0v) is 15.4. The molecule has 2 aromatic rings. The highest BCUT2D eigenvalue weighted by Crippen LogP contribution is 2.28. The summed E-state index contributed by atoms with van der Waals surface area (Å²) in [4.78, 5) is 26.0. The Morgan fingerprint density at radius 1 is 1.11 bits per heavy atom. The van der Waals surface area contributed by atoms with Gasteiger partial charge in [-0.3, -0.25) is 9.59 Å². The van der Waals surface area contributed by atoms with E-state index in [-0.39, 0.29) is 24.3 Å². The van der Waals surface area contributed by atoms with Crippen molar-refractivity contribution in [3.05, 3.63) is 54.1 Å². The molecule has 3 N–H and O–H groups in total. The maximum atomic E-state index is 12.3. The smallest absolute Gasteiger partial charge is 0.243 e. The van der Waals surface area contributed by atoms with E-state index >= 15 is 0 Å². The molecule has 1 amide bonds. The normalized spacial score (nSPS) is 14.7. The Hall–Kier alpha value is -2.86. The van der Waals surface area contributed by atoms with Crippen LogP contribution < -0.4 is 15.5 Å². The van der Waals surface area contributed by atoms with Crippen LogP contribution in [-0.4, -0.2) is 42.5 Å². The van der Waals surface area contributed by atoms with Gasteiger partial charge in [-0.15, -0.1) is 0 Å². The molecule has 27 heavy (non-hydrogen) atoms. The maximum Gasteiger partial charge on any atom is 0.243 e. The number of hydrogen-bond donors (Lipinski definition) is 3. The van der Waals surface area contributed by atoms with Crippen molar-refractivity contribution in [3.63, 3.8) is 0 Å². The van der Waals surface area contributed by atoms with Gasteiger partial charge in [-0.2, -0.15) is 0 Å². The Bertz CT molecular complexity index is 814. The summed E-state index contributed by atoms with van der Waals surface area (Å²) in [7, 11) is 0. The number of piperidine rings is 1. The number of para-hydroxylation sites is 2. The minimum absolute atomic E-state index is 0.0372. The van der Waals surface area contributed by atoms with Crippen LogP contribution in [0.1, 0.15) is 30.1 Å². The topological polar surface area (TPSA) is 81.7 Å². The van der Waals surface area contributed by atoms with Gasteiger partial charge in [0.2, 0.25) is 5.91 Å². The van der Waals surface area contributed by atoms with Crippen molar-refractivity contribution in [1.29, 1.82) is 0 Å². The van der Waals surface area contributed by atoms with E-state index in [4.69, 9.17) is 0 Å². The van der Waals surface area contributed by atoms with Gasteiger partial charge in [0.05, 0.1) is 24.0 Å². The monoisotopic (exact) mass is 367 g/mol. The van der Waals surface area contributed by atoms with Crippen LogP contribution in [-0.2, 0) is 4.79 Å². The number of anilines is 3. The lowest BCUT2D eigenvalue weighted by Gasteiger charge is -2.32. The van der Waals surface area contributed by atoms with Crippen LogP contribution in [0.3, 0.4) is 0 Å². The van der Waals surface area contributed by atoms with Crippen molar-refractivity contribution in [3.8, 4) is 0 Å². The summed E-state index contributed by atoms with van der Waals surface area (Å²) in [6, 6.07) is 14.8. The molecule has 6 heteroatoms. The summed E-state index contributed by atoms with van der Waals surface area (Å²) in [5.74, 6) is -0.218. The van der Waals surface area contributed by atoms with Gasteiger partial charge in [-0.25, -0.2) is 0 Å². The van der Waals surface area contributed by atoms with Crippen LogP contribution in [0.2, 0.25) is 0 Å². The molecule has 1 saturated heterocycles. The zero-order chi connectivity index (χ0) is 19.2. The quantitative estimate of drug-likeness (QED) is 0.684. The first kappa shape index (κ1) is 18.9. The molecule has 0 unspecified atom stereocenters. The molecule has 0 aliphatic carbocycles. The molecule has 0 atom stereocenters. The lowest BCUT2D eigenvalue weighted by Crippen LogP contribution is -2.36. The molecule has 0 spiro atoms. The second-order valence-electron chi connectivity index (χ2n) is 6.77. The number of hydrogen-bond acceptors (Lipinski definition) is 5. The molecule has 1 aliphatic rings. The number of ketones is 1. The maximum absolute atomic E-state index is 12.3. The molecule has 1 aliphatic heterocycles. The van der Waals surface area contributed by atoms with Crippen molar-refractivity contribution in [2.75, 3.05) is 35.2 Å². The van der Waals surface area contributed by atoms with E-state index < -0.39 is 0 Å². The molecule has 0 radical (unpaired) electrons. The first-order valence-corrected chi connectivity index (χ1v) is 9.19. The van der Waals surface area contributed by atoms with Crippen molar-refractivity contribution >= 4 is 28.8 Å². The summed E-state index contributed by atoms with van der Waals surface area (Å²) in [6.07, 6.45) is 1.28. The van der Waals surface area contributed by atoms with Gasteiger partial charge >= 0.3 is 0 Å². The standard InChI is InChI=1S/C21H25N3O3/c1-15(25)16-5-4-6-17(13-16)23-21(27)14-22-19-7-2-3-8-20(19)24-11-9-18(26)10-12-24/h2-8,13,18,22,26H,9-12,14H2,1H3,(H,23,27). The number of nitrogens with zero attached hydrogens (tertiary/aromatic N) is 1. The van der Waals surface area contributed by atoms with E-state index in [1.165, 1.54) is 6.92 Å². The van der Waals surface area contributed by atoms with Gasteiger partial charge in [0.1, 0.15) is 0 Å². The molecular formula is C21H25N3O3. The number of aliphatic hydroxyl groups is 1. The lowest BCUT2D eigenvalue weighted by molar-refractivity contribution is -0.114. The second kappa shape index (κ2) is 8.68. The summed E-state index contributed by atoms with van der Waals surface area (Å²) < 4.78 is 0. The van der Waals surface area contributed by atoms with Gasteiger partial charge in [0.15, 0.2) is 5.78 Å². The lowest BCUT2D eigenvalue weighted by atomic mass is 10.1. The van der Waals surface area contributed by atoms with E-state index in [1.54, 1.807) is 24.3 Å². The van der Waals surface area contributed by atoms with Crippen LogP contribution in [0.4, 0.5) is 17.1 Å². The Morgan fingerprint density at radius 2 is 1.85 bits per heavy atom. The molecule has 1 heterocycles. The van der Waals surface area contributed by atoms with Gasteiger partial charge in [0.25, 0.3) is 0 Å². The molecule has 3 rings (SSSR count). The SMILES string of the molecule is CC(=O)c1cccc(NC(=O)CNc2ccccc2N2CCC(O)CC2)c1. The van der Waals surface area contributed by atoms with Crippen LogP contribution in [0, 0.1) is 0 Å². The summed E-state index contributed by atoms with van der Waals surface area (Å²) >= 11 is 0. The Labute approximate surface area is 159 Å². The molecule has 142 valence electrons. The van der Waals surface area contributed by atoms with E-state index in [9.17, 15) is 14.7 Å². The molecule has 2 aromatic carbocycles. The van der Waals surface area contributed by atoms with Gasteiger partial charge in [0, 0.05) is 24.3 Å². The van der Waals surface area contributed by atoms with Gasteiger partial charge in [-0.1, -0.05) is 24.3 Å². The van der Waals surface area contributed by atoms with E-state index in [2.05, 4.69) is 15.5 Å². The highest BCUT2D eigenvalue weighted by molar-refractivity contribution is 5.98. The fourth-order valence-electron chi connectivity index (χ4n) is 3.20. The van der Waals surface area contributed by atoms with Crippen molar-refractivity contribution in [1.82, 2.24) is 0 Å². The summed E-state index contributed by atoms with van der Waals surface area (Å²) in [6.45, 7) is 3.21. The number of carbonyl (C=O) groups excluding carboxylic acids is 2. The molecule has 0 bridgehead atoms. The predicted molar refractivity (Wildman–Crippen MR) is 107 cm³/mol. The largest absolute Gasteiger partial charge is 0.393 e. The first-order chi connectivity index (χ1) is 13.0. The van der Waals surface area contributed by atoms with E-state index in [1.807, 2.05) is 24.3 Å². The zero-order valence-electron chi connectivity index (χ0n) is 15.4. The summed E-state index contributed by atoms with van der Waals surface area (Å²) in [5, 5.41) is 15.7. The molecule has 1 fully saturated rings. The van der Waals surface area contributed by atoms with Crippen LogP contribution in [0.25, 0.3) is 0 Å². The Balaban J connectivity index is 1.61. The fraction of sp³-hybridized carbons (Fsp3) is 0.333. The minimum atomic E-state index is -0.224. The number of Topliss-reactive ketones (excluding diaryl/α,β-unsaturated/α-hetero) is 1. The second-order valence-corrected chi connectivity index (χ2v) is 6.77. The molecule has 6 nitrogen and oxygen atoms in total. The number of carbonyl (C=O) groups is 2. The van der Waals surface area contributed by atoms with E-state index in [0.29, 0.717) is 11.3 Å². The average Bonchev–Trinajstić information content (AvgIpc) is 2.67. The number of benzene rings is 2. The van der Waals surface area contributed by atoms with Gasteiger partial charge < -0.3 is 20.6 Å². The minimum Gasteiger partial charge on any atom is -0.393 e. The van der Waals surface area contributed by atoms with Crippen molar-refractivity contribution in [2.24, 2.45) is 0 Å². The average molecular weight is 367 g/mol. The molecular weight excluding hydrogens is 342 g/mol. The van der Waals surface area contributed by atoms with Crippen LogP contribution in [0.5, 0.6) is 0 Å². The third-order valence-corrected chi connectivity index (χ3v) is 4.70. The third-order valence-electron chi connectivity index (χ3n) is 4.70. The van der Waals surface area contributed by atoms with E-state index in [0.717, 1.165) is 37.3 Å². The molecule has 0 aromatic heterocycles. The highest BCUT2D eigenvalue weighted by atomic mass is 16.3. The van der Waals surface area contributed by atoms with Gasteiger partial charge in [-0.05, 0) is 44.0 Å². The Morgan fingerprint density at radius 3 is 2.59 bits per heavy atom. The van der Waals surface area contributed by atoms with Crippen molar-refractivity contribution in [2.45, 2.75) is 25.9 Å². The predicted octanol–water partition coefficient (Wildman–Crippen LogP) is 2.90. The van der Waals surface area contributed by atoms with Crippen LogP contribution >= 0.6 is 0 Å². The highest BCUT2D eigenvalue weighted by Gasteiger charge is 2.19. The summed E-state index contributed by atoms with van der Waals surface area (Å²) in [5.41, 5.74) is 3.10. The number of aliphatic hydroxyl groups excluding tert-OH is 1. The number of amides is 1. The number of rotatable bonds is 6.